The predicted octanol–water partition coefficient (Wildman–Crippen LogP) is 2.61. The first-order valence-corrected chi connectivity index (χ1v) is 16.8. The number of aliphatic carboxylic acids is 1. The van der Waals surface area contributed by atoms with Crippen molar-refractivity contribution >= 4 is 44.9 Å². The van der Waals surface area contributed by atoms with Crippen molar-refractivity contribution in [1.82, 2.24) is 26.1 Å². The van der Waals surface area contributed by atoms with Gasteiger partial charge in [-0.1, -0.05) is 24.3 Å². The van der Waals surface area contributed by atoms with Crippen LogP contribution >= 0.6 is 11.3 Å². The summed E-state index contributed by atoms with van der Waals surface area (Å²) in [6.07, 6.45) is 4.49. The van der Waals surface area contributed by atoms with Gasteiger partial charge in [-0.3, -0.25) is 20.0 Å². The van der Waals surface area contributed by atoms with E-state index in [9.17, 15) is 23.1 Å². The van der Waals surface area contributed by atoms with Crippen LogP contribution in [-0.2, 0) is 34.3 Å². The van der Waals surface area contributed by atoms with Gasteiger partial charge in [-0.15, -0.1) is 11.3 Å². The number of nitrogens with one attached hydrogen (secondary N) is 6. The minimum Gasteiger partial charge on any atom is -0.492 e. The Bertz CT molecular complexity index is 1820. The highest BCUT2D eigenvalue weighted by Gasteiger charge is 2.30. The largest absolute Gasteiger partial charge is 0.492 e. The number of fused-ring (bicyclic) bond motifs is 1. The van der Waals surface area contributed by atoms with Crippen molar-refractivity contribution in [3.63, 3.8) is 0 Å². The van der Waals surface area contributed by atoms with E-state index in [1.807, 2.05) is 36.5 Å². The van der Waals surface area contributed by atoms with E-state index in [2.05, 4.69) is 30.9 Å². The average Bonchev–Trinajstić information content (AvgIpc) is 3.80. The van der Waals surface area contributed by atoms with Gasteiger partial charge in [-0.2, -0.15) is 5.10 Å². The van der Waals surface area contributed by atoms with Crippen LogP contribution in [-0.4, -0.2) is 60.8 Å². The van der Waals surface area contributed by atoms with Crippen LogP contribution < -0.4 is 31.1 Å². The Morgan fingerprint density at radius 2 is 2.02 bits per heavy atom. The standard InChI is InChI=1S/C30H34N8O6S2/c31-30(32)34-9-3-6-24(29(40)41)37-28(39)27-23(8-11-45-27)38-46(42,43)25-13-21(12-19-7-10-44-26(19)25)22-5-2-1-4-20(22)17-33-14-18-15-35-36-16-18/h1-2,4-5,8,11-13,15-16,24,33,38H,3,6-7,9-10,14,17H2,(H,35,36)(H,37,39)(H,40,41)(H4,31,32,34)/t24-/m0/s1. The maximum Gasteiger partial charge on any atom is 0.326 e. The summed E-state index contributed by atoms with van der Waals surface area (Å²) < 4.78 is 36.1. The molecule has 46 heavy (non-hydrogen) atoms. The molecule has 0 bridgehead atoms. The number of ether oxygens (including phenoxy) is 1. The van der Waals surface area contributed by atoms with Crippen LogP contribution in [0.4, 0.5) is 5.69 Å². The van der Waals surface area contributed by atoms with Crippen LogP contribution in [0, 0.1) is 5.41 Å². The lowest BCUT2D eigenvalue weighted by molar-refractivity contribution is -0.139. The van der Waals surface area contributed by atoms with E-state index in [4.69, 9.17) is 15.9 Å². The highest BCUT2D eigenvalue weighted by molar-refractivity contribution is 7.92. The van der Waals surface area contributed by atoms with Crippen molar-refractivity contribution in [3.05, 3.63) is 81.8 Å². The van der Waals surface area contributed by atoms with E-state index >= 15 is 0 Å². The molecule has 9 N–H and O–H groups in total. The molecule has 1 amide bonds. The first-order chi connectivity index (χ1) is 22.1. The van der Waals surface area contributed by atoms with Crippen LogP contribution in [0.1, 0.15) is 39.2 Å². The summed E-state index contributed by atoms with van der Waals surface area (Å²) in [5.74, 6) is -1.95. The molecule has 0 saturated carbocycles. The molecule has 16 heteroatoms. The van der Waals surface area contributed by atoms with Gasteiger partial charge in [0.1, 0.15) is 21.6 Å². The third-order valence-corrected chi connectivity index (χ3v) is 9.56. The van der Waals surface area contributed by atoms with E-state index in [0.717, 1.165) is 33.6 Å². The summed E-state index contributed by atoms with van der Waals surface area (Å²) in [7, 11) is -4.26. The van der Waals surface area contributed by atoms with Gasteiger partial charge in [0, 0.05) is 37.8 Å². The molecule has 0 fully saturated rings. The number of aromatic nitrogens is 2. The monoisotopic (exact) mass is 666 g/mol. The number of aromatic amines is 1. The van der Waals surface area contributed by atoms with E-state index in [1.54, 1.807) is 17.6 Å². The molecule has 2 aromatic carbocycles. The summed E-state index contributed by atoms with van der Waals surface area (Å²) in [5, 5.41) is 33.6. The lowest BCUT2D eigenvalue weighted by atomic mass is 9.97. The maximum absolute atomic E-state index is 13.9. The van der Waals surface area contributed by atoms with Crippen molar-refractivity contribution in [2.24, 2.45) is 5.73 Å². The van der Waals surface area contributed by atoms with E-state index in [0.29, 0.717) is 38.1 Å². The van der Waals surface area contributed by atoms with Crippen molar-refractivity contribution in [2.75, 3.05) is 17.9 Å². The van der Waals surface area contributed by atoms with E-state index in [1.165, 1.54) is 6.07 Å². The van der Waals surface area contributed by atoms with Gasteiger partial charge in [0.05, 0.1) is 18.5 Å². The van der Waals surface area contributed by atoms with Gasteiger partial charge in [0.2, 0.25) is 0 Å². The Hall–Kier alpha value is -4.93. The molecule has 1 atom stereocenters. The number of rotatable bonds is 15. The lowest BCUT2D eigenvalue weighted by Gasteiger charge is -2.17. The fourth-order valence-corrected chi connectivity index (χ4v) is 7.18. The third kappa shape index (κ3) is 7.82. The number of hydrogen-bond donors (Lipinski definition) is 8. The molecule has 0 radical (unpaired) electrons. The van der Waals surface area contributed by atoms with Crippen molar-refractivity contribution in [1.29, 1.82) is 5.41 Å². The number of sulfonamides is 1. The smallest absolute Gasteiger partial charge is 0.326 e. The first kappa shape index (κ1) is 32.5. The topological polar surface area (TPSA) is 224 Å². The number of hydrogen-bond acceptors (Lipinski definition) is 9. The van der Waals surface area contributed by atoms with Crippen LogP contribution in [0.15, 0.2) is 65.1 Å². The Kier molecular flexibility index (Phi) is 10.2. The van der Waals surface area contributed by atoms with Crippen molar-refractivity contribution in [3.8, 4) is 16.9 Å². The quantitative estimate of drug-likeness (QED) is 0.0526. The minimum absolute atomic E-state index is 0.0134. The second-order valence-electron chi connectivity index (χ2n) is 10.5. The van der Waals surface area contributed by atoms with Crippen molar-refractivity contribution in [2.45, 2.75) is 43.3 Å². The normalized spacial score (nSPS) is 13.0. The van der Waals surface area contributed by atoms with Crippen LogP contribution in [0.2, 0.25) is 0 Å². The number of H-pyrrole nitrogens is 1. The number of benzene rings is 2. The van der Waals surface area contributed by atoms with Crippen LogP contribution in [0.25, 0.3) is 11.1 Å². The molecule has 0 aliphatic carbocycles. The molecular weight excluding hydrogens is 633 g/mol. The molecule has 3 heterocycles. The number of anilines is 1. The molecule has 1 aliphatic rings. The fourth-order valence-electron chi connectivity index (χ4n) is 5.08. The van der Waals surface area contributed by atoms with Gasteiger partial charge in [0.25, 0.3) is 15.9 Å². The Morgan fingerprint density at radius 1 is 1.20 bits per heavy atom. The average molecular weight is 667 g/mol. The second kappa shape index (κ2) is 14.4. The molecule has 0 saturated heterocycles. The number of amides is 1. The number of carboxylic acid groups (broad SMARTS) is 1. The zero-order chi connectivity index (χ0) is 32.7. The highest BCUT2D eigenvalue weighted by Crippen LogP contribution is 2.39. The van der Waals surface area contributed by atoms with Crippen molar-refractivity contribution < 1.29 is 27.9 Å². The molecule has 1 aliphatic heterocycles. The molecular formula is C30H34N8O6S2. The summed E-state index contributed by atoms with van der Waals surface area (Å²) in [5.41, 5.74) is 9.58. The Morgan fingerprint density at radius 3 is 2.78 bits per heavy atom. The number of carbonyl (C=O) groups is 2. The number of carbonyl (C=O) groups excluding carboxylic acids is 1. The van der Waals surface area contributed by atoms with E-state index in [-0.39, 0.29) is 40.1 Å². The third-order valence-electron chi connectivity index (χ3n) is 7.27. The Balaban J connectivity index is 1.36. The zero-order valence-electron chi connectivity index (χ0n) is 24.6. The second-order valence-corrected chi connectivity index (χ2v) is 13.1. The number of carboxylic acids is 1. The van der Waals surface area contributed by atoms with E-state index < -0.39 is 27.9 Å². The molecule has 0 unspecified atom stereocenters. The molecule has 14 nitrogen and oxygen atoms in total. The van der Waals surface area contributed by atoms with Gasteiger partial charge >= 0.3 is 5.97 Å². The maximum atomic E-state index is 13.9. The van der Waals surface area contributed by atoms with Gasteiger partial charge in [-0.05, 0) is 58.7 Å². The molecule has 5 rings (SSSR count). The summed E-state index contributed by atoms with van der Waals surface area (Å²) in [6.45, 7) is 1.73. The SMILES string of the molecule is N=C(N)NCCC[C@H](NC(=O)c1sccc1NS(=O)(=O)c1cc(-c2ccccc2CNCc2cn[nH]c2)cc2c1OCC2)C(=O)O. The van der Waals surface area contributed by atoms with Gasteiger partial charge in [-0.25, -0.2) is 13.2 Å². The molecule has 2 aromatic heterocycles. The zero-order valence-corrected chi connectivity index (χ0v) is 26.3. The summed E-state index contributed by atoms with van der Waals surface area (Å²) in [6, 6.07) is 11.5. The number of thiophene rings is 1. The van der Waals surface area contributed by atoms with Crippen LogP contribution in [0.3, 0.4) is 0 Å². The highest BCUT2D eigenvalue weighted by atomic mass is 32.2. The lowest BCUT2D eigenvalue weighted by Crippen LogP contribution is -2.41. The summed E-state index contributed by atoms with van der Waals surface area (Å²) >= 11 is 0.980. The number of nitrogens with two attached hydrogens (primary N) is 1. The first-order valence-electron chi connectivity index (χ1n) is 14.4. The van der Waals surface area contributed by atoms with Gasteiger partial charge in [0.15, 0.2) is 5.96 Å². The molecule has 242 valence electrons. The predicted molar refractivity (Wildman–Crippen MR) is 173 cm³/mol. The number of nitrogens with zero attached hydrogens (tertiary/aromatic N) is 1. The minimum atomic E-state index is -4.26. The Labute approximate surface area is 269 Å². The summed E-state index contributed by atoms with van der Waals surface area (Å²) in [4.78, 5) is 24.9. The molecule has 0 spiro atoms. The fraction of sp³-hybridized carbons (Fsp3) is 0.267. The van der Waals surface area contributed by atoms with Crippen LogP contribution in [0.5, 0.6) is 5.75 Å². The molecule has 4 aromatic rings. The van der Waals surface area contributed by atoms with Gasteiger partial charge < -0.3 is 31.5 Å². The number of guanidine groups is 1.